The normalized spacial score (nSPS) is 37.9. The van der Waals surface area contributed by atoms with Gasteiger partial charge in [0.05, 0.1) is 5.92 Å². The smallest absolute Gasteiger partial charge is 0.243 e. The van der Waals surface area contributed by atoms with Crippen molar-refractivity contribution in [1.82, 2.24) is 5.73 Å². The Kier molecular flexibility index (Phi) is 0.961. The lowest BCUT2D eigenvalue weighted by molar-refractivity contribution is -0.119. The molecule has 1 N–H and O–H groups in total. The fraction of sp³-hybridized carbons (Fsp3) is 0.750. The van der Waals surface area contributed by atoms with E-state index in [0.717, 1.165) is 0 Å². The van der Waals surface area contributed by atoms with E-state index in [1.807, 2.05) is 0 Å². The van der Waals surface area contributed by atoms with Gasteiger partial charge in [0.15, 0.2) is 0 Å². The van der Waals surface area contributed by atoms with Crippen molar-refractivity contribution in [3.05, 3.63) is 0 Å². The summed E-state index contributed by atoms with van der Waals surface area (Å²) in [4.78, 5) is 10.00. The van der Waals surface area contributed by atoms with Gasteiger partial charge in [-0.05, 0) is 6.42 Å². The van der Waals surface area contributed by atoms with E-state index in [2.05, 4.69) is 0 Å². The van der Waals surface area contributed by atoms with Gasteiger partial charge in [-0.3, -0.25) is 10.5 Å². The third kappa shape index (κ3) is 0.855. The second-order valence-corrected chi connectivity index (χ2v) is 2.28. The first kappa shape index (κ1) is 4.91. The summed E-state index contributed by atoms with van der Waals surface area (Å²) in [5, 5.41) is -0.0231. The van der Waals surface area contributed by atoms with Crippen molar-refractivity contribution in [2.24, 2.45) is 5.92 Å². The molecule has 1 fully saturated rings. The van der Waals surface area contributed by atoms with E-state index in [-0.39, 0.29) is 11.3 Å². The van der Waals surface area contributed by atoms with E-state index in [9.17, 15) is 4.79 Å². The fourth-order valence-electron chi connectivity index (χ4n) is 0.435. The number of rotatable bonds is 1. The van der Waals surface area contributed by atoms with Gasteiger partial charge in [0, 0.05) is 5.38 Å². The van der Waals surface area contributed by atoms with Gasteiger partial charge in [0.25, 0.3) is 0 Å². The van der Waals surface area contributed by atoms with Crippen LogP contribution in [0.3, 0.4) is 0 Å². The second-order valence-electron chi connectivity index (χ2n) is 1.72. The fourth-order valence-corrected chi connectivity index (χ4v) is 0.742. The molecule has 3 heteroatoms. The van der Waals surface area contributed by atoms with E-state index in [0.29, 0.717) is 6.42 Å². The summed E-state index contributed by atoms with van der Waals surface area (Å²) in [5.74, 6) is -0.651. The van der Waals surface area contributed by atoms with Crippen molar-refractivity contribution < 1.29 is 4.79 Å². The van der Waals surface area contributed by atoms with E-state index in [4.69, 9.17) is 17.3 Å². The second kappa shape index (κ2) is 1.37. The van der Waals surface area contributed by atoms with Gasteiger partial charge < -0.3 is 0 Å². The molecule has 0 aliphatic heterocycles. The molecule has 1 aliphatic carbocycles. The molecule has 1 rings (SSSR count). The zero-order valence-corrected chi connectivity index (χ0v) is 4.40. The van der Waals surface area contributed by atoms with E-state index in [1.54, 1.807) is 0 Å². The Balaban J connectivity index is 2.33. The van der Waals surface area contributed by atoms with Gasteiger partial charge >= 0.3 is 0 Å². The maximum atomic E-state index is 10.00. The third-order valence-electron chi connectivity index (χ3n) is 1.05. The number of alkyl halides is 1. The van der Waals surface area contributed by atoms with Crippen LogP contribution in [0.4, 0.5) is 0 Å². The molecular formula is C4H5ClNO. The van der Waals surface area contributed by atoms with Crippen molar-refractivity contribution in [3.8, 4) is 0 Å². The van der Waals surface area contributed by atoms with Gasteiger partial charge in [-0.15, -0.1) is 11.6 Å². The number of hydrogen-bond acceptors (Lipinski definition) is 1. The number of amides is 1. The predicted molar refractivity (Wildman–Crippen MR) is 25.9 cm³/mol. The first-order valence-corrected chi connectivity index (χ1v) is 2.55. The predicted octanol–water partition coefficient (Wildman–Crippen LogP) is 0.423. The summed E-state index contributed by atoms with van der Waals surface area (Å²) < 4.78 is 0. The van der Waals surface area contributed by atoms with Crippen LogP contribution in [0.15, 0.2) is 0 Å². The van der Waals surface area contributed by atoms with Crippen LogP contribution < -0.4 is 5.73 Å². The Morgan fingerprint density at radius 2 is 2.29 bits per heavy atom. The molecule has 0 aromatic rings. The van der Waals surface area contributed by atoms with E-state index < -0.39 is 5.91 Å². The maximum Gasteiger partial charge on any atom is 0.243 e. The average molecular weight is 119 g/mol. The molecule has 0 bridgehead atoms. The molecular weight excluding hydrogens is 114 g/mol. The van der Waals surface area contributed by atoms with Gasteiger partial charge in [-0.2, -0.15) is 0 Å². The Bertz CT molecular complexity index is 104. The molecule has 0 spiro atoms. The zero-order chi connectivity index (χ0) is 5.44. The van der Waals surface area contributed by atoms with Crippen LogP contribution in [0.2, 0.25) is 0 Å². The largest absolute Gasteiger partial charge is 0.273 e. The minimum Gasteiger partial charge on any atom is -0.273 e. The number of halogens is 1. The summed E-state index contributed by atoms with van der Waals surface area (Å²) in [6.07, 6.45) is 0.712. The minimum atomic E-state index is -0.514. The molecule has 1 aliphatic rings. The highest BCUT2D eigenvalue weighted by atomic mass is 35.5. The zero-order valence-electron chi connectivity index (χ0n) is 3.65. The van der Waals surface area contributed by atoms with Crippen molar-refractivity contribution >= 4 is 17.5 Å². The number of hydrogen-bond donors (Lipinski definition) is 0. The Labute approximate surface area is 46.6 Å². The van der Waals surface area contributed by atoms with Crippen LogP contribution in [-0.2, 0) is 4.79 Å². The molecule has 0 aromatic heterocycles. The molecule has 0 saturated heterocycles. The maximum absolute atomic E-state index is 10.00. The molecule has 1 saturated carbocycles. The molecule has 7 heavy (non-hydrogen) atoms. The lowest BCUT2D eigenvalue weighted by Crippen LogP contribution is -2.01. The van der Waals surface area contributed by atoms with Gasteiger partial charge in [-0.25, -0.2) is 0 Å². The standard InChI is InChI=1S/C4H5ClNO/c5-3-1-2(3)4(6)7/h2-3,6H,1H2. The third-order valence-corrected chi connectivity index (χ3v) is 1.53. The monoisotopic (exact) mass is 118 g/mol. The number of carbonyl (C=O) groups excluding carboxylic acids is 1. The van der Waals surface area contributed by atoms with E-state index in [1.165, 1.54) is 0 Å². The molecule has 39 valence electrons. The molecule has 1 radical (unpaired) electrons. The summed E-state index contributed by atoms with van der Waals surface area (Å²) in [6, 6.07) is 0. The van der Waals surface area contributed by atoms with Crippen molar-refractivity contribution in [2.45, 2.75) is 11.8 Å². The Hall–Kier alpha value is -0.240. The lowest BCUT2D eigenvalue weighted by Gasteiger charge is -1.77. The first-order chi connectivity index (χ1) is 3.22. The highest BCUT2D eigenvalue weighted by Gasteiger charge is 2.40. The van der Waals surface area contributed by atoms with Crippen molar-refractivity contribution in [3.63, 3.8) is 0 Å². The molecule has 2 unspecified atom stereocenters. The summed E-state index contributed by atoms with van der Waals surface area (Å²) in [6.45, 7) is 0. The minimum absolute atomic E-state index is 0.0231. The number of nitrogens with one attached hydrogen (secondary N) is 1. The van der Waals surface area contributed by atoms with Gasteiger partial charge in [-0.1, -0.05) is 0 Å². The molecule has 0 aromatic carbocycles. The summed E-state index contributed by atoms with van der Waals surface area (Å²) in [5.41, 5.74) is 6.50. The molecule has 1 amide bonds. The Morgan fingerprint density at radius 3 is 2.29 bits per heavy atom. The topological polar surface area (TPSA) is 40.9 Å². The van der Waals surface area contributed by atoms with Crippen LogP contribution in [0.5, 0.6) is 0 Å². The van der Waals surface area contributed by atoms with Gasteiger partial charge in [0.1, 0.15) is 0 Å². The quantitative estimate of drug-likeness (QED) is 0.460. The lowest BCUT2D eigenvalue weighted by atomic mass is 10.4. The highest BCUT2D eigenvalue weighted by molar-refractivity contribution is 6.24. The molecule has 2 nitrogen and oxygen atoms in total. The first-order valence-electron chi connectivity index (χ1n) is 2.11. The van der Waals surface area contributed by atoms with Crippen LogP contribution in [-0.4, -0.2) is 11.3 Å². The Morgan fingerprint density at radius 1 is 1.86 bits per heavy atom. The van der Waals surface area contributed by atoms with Gasteiger partial charge in [0.2, 0.25) is 5.91 Å². The van der Waals surface area contributed by atoms with Crippen LogP contribution >= 0.6 is 11.6 Å². The van der Waals surface area contributed by atoms with E-state index >= 15 is 0 Å². The van der Waals surface area contributed by atoms with Crippen LogP contribution in [0, 0.1) is 5.92 Å². The summed E-state index contributed by atoms with van der Waals surface area (Å²) >= 11 is 5.41. The van der Waals surface area contributed by atoms with Crippen molar-refractivity contribution in [2.75, 3.05) is 0 Å². The summed E-state index contributed by atoms with van der Waals surface area (Å²) in [7, 11) is 0. The number of carbonyl (C=O) groups is 1. The van der Waals surface area contributed by atoms with Crippen LogP contribution in [0.1, 0.15) is 6.42 Å². The SMILES string of the molecule is [NH]C(=O)C1CC1Cl. The molecule has 0 heterocycles. The molecule has 2 atom stereocenters. The average Bonchev–Trinajstić information content (AvgIpc) is 2.17. The van der Waals surface area contributed by atoms with Crippen molar-refractivity contribution in [1.29, 1.82) is 0 Å². The van der Waals surface area contributed by atoms with Crippen LogP contribution in [0.25, 0.3) is 0 Å². The highest BCUT2D eigenvalue weighted by Crippen LogP contribution is 2.35.